The summed E-state index contributed by atoms with van der Waals surface area (Å²) in [5.74, 6) is 3.63. The van der Waals surface area contributed by atoms with E-state index in [1.54, 1.807) is 0 Å². The van der Waals surface area contributed by atoms with Crippen LogP contribution in [0.2, 0.25) is 0 Å². The molecule has 6 aromatic carbocycles. The van der Waals surface area contributed by atoms with Crippen LogP contribution in [0.25, 0.3) is 0 Å². The van der Waals surface area contributed by atoms with Crippen molar-refractivity contribution in [2.45, 2.75) is 218 Å². The van der Waals surface area contributed by atoms with Crippen LogP contribution < -0.4 is 0 Å². The molecule has 4 heteroatoms. The van der Waals surface area contributed by atoms with Gasteiger partial charge >= 0.3 is 0 Å². The van der Waals surface area contributed by atoms with Crippen molar-refractivity contribution < 1.29 is 14.9 Å². The topological polar surface area (TPSA) is 53.0 Å². The second-order valence-electron chi connectivity index (χ2n) is 21.8. The molecule has 0 aliphatic carbocycles. The van der Waals surface area contributed by atoms with Crippen LogP contribution >= 0.6 is 11.6 Å². The van der Waals surface area contributed by atoms with Crippen LogP contribution in [-0.2, 0) is 4.74 Å². The monoisotopic (exact) mass is 1060 g/mol. The van der Waals surface area contributed by atoms with Crippen molar-refractivity contribution in [3.05, 3.63) is 228 Å². The minimum Gasteiger partial charge on any atom is -0.393 e. The molecule has 0 radical (unpaired) electrons. The number of rotatable bonds is 29. The van der Waals surface area contributed by atoms with Gasteiger partial charge in [0.05, 0.1) is 29.8 Å². The Kier molecular flexibility index (Phi) is 31.9. The highest BCUT2D eigenvalue weighted by Crippen LogP contribution is 2.38. The maximum atomic E-state index is 10.7. The fraction of sp³-hybridized carbons (Fsp3) is 0.479. The van der Waals surface area contributed by atoms with Crippen molar-refractivity contribution in [3.63, 3.8) is 0 Å². The Hall–Kier alpha value is -4.77. The van der Waals surface area contributed by atoms with Crippen molar-refractivity contribution >= 4 is 11.6 Å². The number of hydrogen-bond acceptors (Lipinski definition) is 3. The quantitative estimate of drug-likeness (QED) is 0.0280. The molecule has 1 aliphatic rings. The summed E-state index contributed by atoms with van der Waals surface area (Å²) in [6.07, 6.45) is 19.1. The number of halogens is 1. The lowest BCUT2D eigenvalue weighted by Gasteiger charge is -2.26. The van der Waals surface area contributed by atoms with Crippen LogP contribution in [0.15, 0.2) is 194 Å². The van der Waals surface area contributed by atoms with Gasteiger partial charge < -0.3 is 14.9 Å². The first-order valence-corrected chi connectivity index (χ1v) is 30.5. The summed E-state index contributed by atoms with van der Waals surface area (Å²) in [5.41, 5.74) is 8.47. The molecule has 7 rings (SSSR count). The zero-order chi connectivity index (χ0) is 55.6. The molecular weight excluding hydrogens is 960 g/mol. The molecular formula is C73H101ClO3. The van der Waals surface area contributed by atoms with E-state index >= 15 is 0 Å². The predicted molar refractivity (Wildman–Crippen MR) is 334 cm³/mol. The molecule has 1 aliphatic heterocycles. The van der Waals surface area contributed by atoms with E-state index < -0.39 is 12.2 Å². The average molecular weight is 1060 g/mol. The van der Waals surface area contributed by atoms with Gasteiger partial charge in [-0.15, -0.1) is 11.6 Å². The van der Waals surface area contributed by atoms with Crippen LogP contribution in [0.1, 0.15) is 221 Å². The highest BCUT2D eigenvalue weighted by atomic mass is 35.5. The van der Waals surface area contributed by atoms with Gasteiger partial charge in [0.1, 0.15) is 0 Å². The number of aliphatic hydroxyl groups is 2. The Morgan fingerprint density at radius 3 is 1.25 bits per heavy atom. The summed E-state index contributed by atoms with van der Waals surface area (Å²) in [6, 6.07) is 64.4. The lowest BCUT2D eigenvalue weighted by atomic mass is 9.84. The first-order chi connectivity index (χ1) is 37.5. The van der Waals surface area contributed by atoms with Gasteiger partial charge in [0.2, 0.25) is 0 Å². The SMILES string of the molecule is CC.CCC(CC(C)C(O)CCC(O)C(Cl)CCC(C)c1ccccc1)c1ccccc1.CCC(CC1OC1CCC(C)c1ccccc1)c1ccccc1.CCC(CC=CCCC(C)c1ccccc1)c1ccccc1. The minimum atomic E-state index is -0.576. The maximum Gasteiger partial charge on any atom is 0.0847 e. The first kappa shape index (κ1) is 64.8. The van der Waals surface area contributed by atoms with Gasteiger partial charge in [0.25, 0.3) is 0 Å². The molecule has 0 amide bonds. The summed E-state index contributed by atoms with van der Waals surface area (Å²) in [7, 11) is 0. The van der Waals surface area contributed by atoms with Gasteiger partial charge in [-0.1, -0.05) is 256 Å². The third-order valence-corrected chi connectivity index (χ3v) is 16.7. The van der Waals surface area contributed by atoms with E-state index in [-0.39, 0.29) is 11.3 Å². The van der Waals surface area contributed by atoms with E-state index in [0.29, 0.717) is 60.6 Å². The molecule has 0 bridgehead atoms. The number of alkyl halides is 1. The largest absolute Gasteiger partial charge is 0.393 e. The third-order valence-electron chi connectivity index (χ3n) is 16.2. The van der Waals surface area contributed by atoms with Gasteiger partial charge in [-0.05, 0) is 165 Å². The van der Waals surface area contributed by atoms with Crippen molar-refractivity contribution in [2.75, 3.05) is 0 Å². The number of ether oxygens (including phenoxy) is 1. The fourth-order valence-electron chi connectivity index (χ4n) is 10.7. The zero-order valence-corrected chi connectivity index (χ0v) is 49.7. The second-order valence-corrected chi connectivity index (χ2v) is 22.4. The molecule has 12 unspecified atom stereocenters. The van der Waals surface area contributed by atoms with Crippen molar-refractivity contribution in [3.8, 4) is 0 Å². The number of allylic oxidation sites excluding steroid dienone is 2. The molecule has 3 nitrogen and oxygen atoms in total. The molecule has 0 saturated carbocycles. The number of hydrogen-bond donors (Lipinski definition) is 2. The van der Waals surface area contributed by atoms with Crippen LogP contribution in [0.3, 0.4) is 0 Å². The minimum absolute atomic E-state index is 0.189. The summed E-state index contributed by atoms with van der Waals surface area (Å²) in [5, 5.41) is 20.9. The fourth-order valence-corrected chi connectivity index (χ4v) is 11.0. The molecule has 1 saturated heterocycles. The molecule has 1 fully saturated rings. The molecule has 0 aromatic heterocycles. The number of benzene rings is 6. The highest BCUT2D eigenvalue weighted by Gasteiger charge is 2.39. The van der Waals surface area contributed by atoms with Gasteiger partial charge in [-0.2, -0.15) is 0 Å². The Bertz CT molecular complexity index is 2340. The standard InChI is InChI=1S/C27H39ClO2.C22H28O.C22H28.C2H6/c1-4-22(24-13-9-6-10-14-24)19-21(3)26(29)17-18-27(30)25(28)16-15-20(2)23-11-7-5-8-12-23;1-3-18(20-12-8-5-9-13-20)16-22-21(23-22)15-14-17(2)19-10-6-4-7-11-19;1-3-20(22-17-11-6-12-18-22)14-8-4-7-13-19(2)21-15-9-5-10-16-21;1-2/h5-14,20-22,25-27,29-30H,4,15-19H2,1-3H3;4-13,17-18,21-22H,3,14-16H2,1-2H3;4-6,8-12,15-20H,3,7,13-14H2,1-2H3;1-2H3. The molecule has 0 spiro atoms. The van der Waals surface area contributed by atoms with Crippen LogP contribution in [-0.4, -0.2) is 40.0 Å². The summed E-state index contributed by atoms with van der Waals surface area (Å²) in [6.45, 7) is 19.7. The normalized spacial score (nSPS) is 17.7. The van der Waals surface area contributed by atoms with Crippen LogP contribution in [0.5, 0.6) is 0 Å². The van der Waals surface area contributed by atoms with Gasteiger partial charge in [-0.3, -0.25) is 0 Å². The van der Waals surface area contributed by atoms with E-state index in [4.69, 9.17) is 16.3 Å². The smallest absolute Gasteiger partial charge is 0.0847 e. The molecule has 1 heterocycles. The van der Waals surface area contributed by atoms with Gasteiger partial charge in [0.15, 0.2) is 0 Å². The van der Waals surface area contributed by atoms with E-state index in [0.717, 1.165) is 32.1 Å². The Balaban J connectivity index is 0.000000249. The molecule has 6 aromatic rings. The zero-order valence-electron chi connectivity index (χ0n) is 49.0. The second kappa shape index (κ2) is 37.9. The van der Waals surface area contributed by atoms with Crippen LogP contribution in [0, 0.1) is 5.92 Å². The molecule has 77 heavy (non-hydrogen) atoms. The highest BCUT2D eigenvalue weighted by molar-refractivity contribution is 6.21. The predicted octanol–water partition coefficient (Wildman–Crippen LogP) is 20.6. The van der Waals surface area contributed by atoms with E-state index in [9.17, 15) is 10.2 Å². The van der Waals surface area contributed by atoms with E-state index in [1.807, 2.05) is 26.0 Å². The summed E-state index contributed by atoms with van der Waals surface area (Å²) >= 11 is 6.48. The summed E-state index contributed by atoms with van der Waals surface area (Å²) < 4.78 is 5.96. The number of epoxide rings is 1. The maximum absolute atomic E-state index is 10.7. The Labute approximate surface area is 475 Å². The Morgan fingerprint density at radius 2 is 0.805 bits per heavy atom. The van der Waals surface area contributed by atoms with Crippen LogP contribution in [0.4, 0.5) is 0 Å². The van der Waals surface area contributed by atoms with Crippen molar-refractivity contribution in [1.29, 1.82) is 0 Å². The van der Waals surface area contributed by atoms with E-state index in [2.05, 4.69) is 230 Å². The van der Waals surface area contributed by atoms with Crippen molar-refractivity contribution in [2.24, 2.45) is 5.92 Å². The van der Waals surface area contributed by atoms with Crippen molar-refractivity contribution in [1.82, 2.24) is 0 Å². The van der Waals surface area contributed by atoms with E-state index in [1.165, 1.54) is 78.3 Å². The van der Waals surface area contributed by atoms with Gasteiger partial charge in [-0.25, -0.2) is 0 Å². The third kappa shape index (κ3) is 24.4. The average Bonchev–Trinajstić information content (AvgIpc) is 4.26. The lowest BCUT2D eigenvalue weighted by Crippen LogP contribution is -2.26. The molecule has 418 valence electrons. The Morgan fingerprint density at radius 1 is 0.429 bits per heavy atom. The first-order valence-electron chi connectivity index (χ1n) is 30.1. The van der Waals surface area contributed by atoms with Gasteiger partial charge in [0, 0.05) is 0 Å². The molecule has 2 N–H and O–H groups in total. The molecule has 12 atom stereocenters. The summed E-state index contributed by atoms with van der Waals surface area (Å²) in [4.78, 5) is 0. The lowest BCUT2D eigenvalue weighted by molar-refractivity contribution is 0.0716. The number of aliphatic hydroxyl groups excluding tert-OH is 2.